The van der Waals surface area contributed by atoms with Crippen LogP contribution in [0.5, 0.6) is 0 Å². The average molecular weight is 243 g/mol. The molecule has 98 valence electrons. The third-order valence-electron chi connectivity index (χ3n) is 3.39. The molecule has 1 amide bonds. The number of carbonyl (C=O) groups excluding carboxylic acids is 1. The van der Waals surface area contributed by atoms with Crippen LogP contribution in [0.1, 0.15) is 45.4 Å². The second-order valence-electron chi connectivity index (χ2n) is 4.68. The molecule has 1 fully saturated rings. The number of amides is 1. The van der Waals surface area contributed by atoms with Crippen LogP contribution in [-0.2, 0) is 14.3 Å². The highest BCUT2D eigenvalue weighted by atomic mass is 16.5. The molecule has 0 aromatic carbocycles. The predicted octanol–water partition coefficient (Wildman–Crippen LogP) is 1.32. The Morgan fingerprint density at radius 2 is 2.00 bits per heavy atom. The van der Waals surface area contributed by atoms with Gasteiger partial charge in [0.2, 0.25) is 5.91 Å². The topological polar surface area (TPSA) is 75.6 Å². The van der Waals surface area contributed by atoms with Crippen molar-refractivity contribution < 1.29 is 19.4 Å². The van der Waals surface area contributed by atoms with Gasteiger partial charge in [0.25, 0.3) is 0 Å². The van der Waals surface area contributed by atoms with Crippen LogP contribution < -0.4 is 5.32 Å². The molecular weight excluding hydrogens is 222 g/mol. The predicted molar refractivity (Wildman–Crippen MR) is 62.7 cm³/mol. The Kier molecular flexibility index (Phi) is 4.93. The number of carbonyl (C=O) groups is 2. The largest absolute Gasteiger partial charge is 0.481 e. The number of nitrogens with one attached hydrogen (secondary N) is 1. The van der Waals surface area contributed by atoms with Gasteiger partial charge in [-0.05, 0) is 19.3 Å². The number of methoxy groups -OCH3 is 1. The van der Waals surface area contributed by atoms with Crippen molar-refractivity contribution in [1.82, 2.24) is 5.32 Å². The minimum atomic E-state index is -0.863. The molecule has 0 aromatic heterocycles. The Bertz CT molecular complexity index is 280. The smallest absolute Gasteiger partial charge is 0.305 e. The Labute approximate surface area is 102 Å². The summed E-state index contributed by atoms with van der Waals surface area (Å²) < 4.78 is 5.06. The zero-order chi connectivity index (χ0) is 12.9. The lowest BCUT2D eigenvalue weighted by atomic mass is 9.92. The minimum absolute atomic E-state index is 0.00110. The van der Waals surface area contributed by atoms with Gasteiger partial charge in [0.15, 0.2) is 0 Å². The zero-order valence-corrected chi connectivity index (χ0v) is 10.5. The Balaban J connectivity index is 2.66. The van der Waals surface area contributed by atoms with Gasteiger partial charge in [-0.3, -0.25) is 9.59 Å². The van der Waals surface area contributed by atoms with E-state index in [0.717, 1.165) is 25.7 Å². The molecule has 5 nitrogen and oxygen atoms in total. The zero-order valence-electron chi connectivity index (χ0n) is 10.5. The van der Waals surface area contributed by atoms with Gasteiger partial charge in [0.1, 0.15) is 6.10 Å². The minimum Gasteiger partial charge on any atom is -0.481 e. The summed E-state index contributed by atoms with van der Waals surface area (Å²) in [5, 5.41) is 11.8. The summed E-state index contributed by atoms with van der Waals surface area (Å²) in [6.45, 7) is 1.87. The van der Waals surface area contributed by atoms with Gasteiger partial charge in [-0.25, -0.2) is 0 Å². The van der Waals surface area contributed by atoms with Gasteiger partial charge in [-0.1, -0.05) is 19.8 Å². The van der Waals surface area contributed by atoms with Crippen LogP contribution in [0.25, 0.3) is 0 Å². The van der Waals surface area contributed by atoms with E-state index in [-0.39, 0.29) is 12.3 Å². The third-order valence-corrected chi connectivity index (χ3v) is 3.39. The number of hydrogen-bond donors (Lipinski definition) is 2. The van der Waals surface area contributed by atoms with Crippen LogP contribution in [0, 0.1) is 0 Å². The highest BCUT2D eigenvalue weighted by Crippen LogP contribution is 2.32. The third kappa shape index (κ3) is 3.70. The summed E-state index contributed by atoms with van der Waals surface area (Å²) in [5.74, 6) is -1.06. The molecule has 0 saturated heterocycles. The van der Waals surface area contributed by atoms with E-state index in [2.05, 4.69) is 5.32 Å². The van der Waals surface area contributed by atoms with Crippen molar-refractivity contribution in [2.75, 3.05) is 7.11 Å². The summed E-state index contributed by atoms with van der Waals surface area (Å²) in [7, 11) is 1.49. The van der Waals surface area contributed by atoms with Crippen LogP contribution in [-0.4, -0.2) is 35.7 Å². The molecule has 2 N–H and O–H groups in total. The highest BCUT2D eigenvalue weighted by Gasteiger charge is 2.38. The first kappa shape index (κ1) is 14.0. The van der Waals surface area contributed by atoms with Crippen molar-refractivity contribution in [3.63, 3.8) is 0 Å². The Morgan fingerprint density at radius 3 is 2.41 bits per heavy atom. The quantitative estimate of drug-likeness (QED) is 0.737. The molecule has 17 heavy (non-hydrogen) atoms. The van der Waals surface area contributed by atoms with Gasteiger partial charge in [-0.15, -0.1) is 0 Å². The van der Waals surface area contributed by atoms with E-state index in [9.17, 15) is 9.59 Å². The van der Waals surface area contributed by atoms with Crippen LogP contribution >= 0.6 is 0 Å². The maximum absolute atomic E-state index is 11.9. The maximum atomic E-state index is 11.9. The number of carboxylic acids is 1. The fourth-order valence-electron chi connectivity index (χ4n) is 2.49. The Hall–Kier alpha value is -1.10. The number of rotatable bonds is 6. The average Bonchev–Trinajstić information content (AvgIpc) is 2.66. The van der Waals surface area contributed by atoms with E-state index in [1.807, 2.05) is 6.92 Å². The van der Waals surface area contributed by atoms with Gasteiger partial charge in [-0.2, -0.15) is 0 Å². The van der Waals surface area contributed by atoms with Crippen molar-refractivity contribution in [1.29, 1.82) is 0 Å². The standard InChI is InChI=1S/C12H21NO4/c1-3-9(17-2)11(16)13-12(8-10(14)15)6-4-5-7-12/h9H,3-8H2,1-2H3,(H,13,16)(H,14,15). The number of carboxylic acid groups (broad SMARTS) is 1. The molecule has 1 aliphatic carbocycles. The summed E-state index contributed by atoms with van der Waals surface area (Å²) >= 11 is 0. The molecule has 5 heteroatoms. The lowest BCUT2D eigenvalue weighted by Crippen LogP contribution is -2.51. The number of hydrogen-bond acceptors (Lipinski definition) is 3. The van der Waals surface area contributed by atoms with Crippen LogP contribution in [0.2, 0.25) is 0 Å². The van der Waals surface area contributed by atoms with Gasteiger partial charge in [0, 0.05) is 7.11 Å². The summed E-state index contributed by atoms with van der Waals surface area (Å²) in [4.78, 5) is 22.8. The molecule has 1 rings (SSSR count). The summed E-state index contributed by atoms with van der Waals surface area (Å²) in [5.41, 5.74) is -0.561. The van der Waals surface area contributed by atoms with Crippen molar-refractivity contribution in [2.45, 2.75) is 57.1 Å². The molecule has 0 bridgehead atoms. The van der Waals surface area contributed by atoms with Crippen LogP contribution in [0.4, 0.5) is 0 Å². The molecule has 0 heterocycles. The number of aliphatic carboxylic acids is 1. The van der Waals surface area contributed by atoms with Gasteiger partial charge in [0.05, 0.1) is 12.0 Å². The maximum Gasteiger partial charge on any atom is 0.305 e. The molecule has 1 aliphatic rings. The molecule has 0 spiro atoms. The van der Waals surface area contributed by atoms with Gasteiger partial charge < -0.3 is 15.2 Å². The highest BCUT2D eigenvalue weighted by molar-refractivity contribution is 5.82. The van der Waals surface area contributed by atoms with E-state index in [4.69, 9.17) is 9.84 Å². The first-order valence-electron chi connectivity index (χ1n) is 6.09. The van der Waals surface area contributed by atoms with Crippen LogP contribution in [0.3, 0.4) is 0 Å². The van der Waals surface area contributed by atoms with Crippen LogP contribution in [0.15, 0.2) is 0 Å². The molecule has 0 aromatic rings. The molecule has 0 radical (unpaired) electrons. The Morgan fingerprint density at radius 1 is 1.41 bits per heavy atom. The fourth-order valence-corrected chi connectivity index (χ4v) is 2.49. The normalized spacial score (nSPS) is 19.9. The number of ether oxygens (including phenoxy) is 1. The molecule has 0 aliphatic heterocycles. The molecule has 1 atom stereocenters. The lowest BCUT2D eigenvalue weighted by molar-refractivity contribution is -0.140. The van der Waals surface area contributed by atoms with E-state index < -0.39 is 17.6 Å². The van der Waals surface area contributed by atoms with Crippen molar-refractivity contribution in [3.8, 4) is 0 Å². The van der Waals surface area contributed by atoms with Crippen molar-refractivity contribution in [3.05, 3.63) is 0 Å². The van der Waals surface area contributed by atoms with E-state index in [0.29, 0.717) is 6.42 Å². The molecular formula is C12H21NO4. The van der Waals surface area contributed by atoms with E-state index in [1.54, 1.807) is 0 Å². The lowest BCUT2D eigenvalue weighted by Gasteiger charge is -2.30. The second-order valence-corrected chi connectivity index (χ2v) is 4.68. The summed E-state index contributed by atoms with van der Waals surface area (Å²) in [6, 6.07) is 0. The first-order chi connectivity index (χ1) is 8.03. The molecule has 1 unspecified atom stereocenters. The van der Waals surface area contributed by atoms with Crippen molar-refractivity contribution in [2.24, 2.45) is 0 Å². The van der Waals surface area contributed by atoms with E-state index in [1.165, 1.54) is 7.11 Å². The fraction of sp³-hybridized carbons (Fsp3) is 0.833. The monoisotopic (exact) mass is 243 g/mol. The molecule has 1 saturated carbocycles. The SMILES string of the molecule is CCC(OC)C(=O)NC1(CC(=O)O)CCCC1. The first-order valence-corrected chi connectivity index (χ1v) is 6.09. The van der Waals surface area contributed by atoms with E-state index >= 15 is 0 Å². The summed E-state index contributed by atoms with van der Waals surface area (Å²) in [6.07, 6.45) is 3.52. The van der Waals surface area contributed by atoms with Gasteiger partial charge >= 0.3 is 5.97 Å². The van der Waals surface area contributed by atoms with Crippen molar-refractivity contribution >= 4 is 11.9 Å². The second kappa shape index (κ2) is 6.00.